The topological polar surface area (TPSA) is 55.2 Å². The third-order valence-corrected chi connectivity index (χ3v) is 4.77. The monoisotopic (exact) mass is 395 g/mol. The lowest BCUT2D eigenvalue weighted by molar-refractivity contribution is 0.0971. The summed E-state index contributed by atoms with van der Waals surface area (Å²) in [4.78, 5) is 27.1. The highest BCUT2D eigenvalue weighted by atomic mass is 35.5. The molecule has 0 spiro atoms. The van der Waals surface area contributed by atoms with Crippen LogP contribution in [-0.2, 0) is 6.54 Å². The first-order valence-corrected chi connectivity index (χ1v) is 9.61. The lowest BCUT2D eigenvalue weighted by Crippen LogP contribution is -2.36. The summed E-state index contributed by atoms with van der Waals surface area (Å²) in [5.74, 6) is -0.265. The van der Waals surface area contributed by atoms with Gasteiger partial charge in [-0.15, -0.1) is 0 Å². The molecule has 3 rings (SSSR count). The minimum atomic E-state index is -0.265. The second-order valence-corrected chi connectivity index (χ2v) is 6.95. The number of carbonyl (C=O) groups is 1. The van der Waals surface area contributed by atoms with E-state index in [2.05, 4.69) is 5.10 Å². The van der Waals surface area contributed by atoms with Gasteiger partial charge >= 0.3 is 0 Å². The molecule has 0 saturated heterocycles. The van der Waals surface area contributed by atoms with Gasteiger partial charge in [-0.25, -0.2) is 4.68 Å². The average Bonchev–Trinajstić information content (AvgIpc) is 2.71. The minimum Gasteiger partial charge on any atom is -0.300 e. The van der Waals surface area contributed by atoms with Crippen LogP contribution in [0, 0.1) is 0 Å². The maximum Gasteiger partial charge on any atom is 0.279 e. The van der Waals surface area contributed by atoms with E-state index in [-0.39, 0.29) is 23.2 Å². The number of nitrogens with zero attached hydrogens (tertiary/aromatic N) is 3. The van der Waals surface area contributed by atoms with Crippen LogP contribution in [0.5, 0.6) is 0 Å². The van der Waals surface area contributed by atoms with Crippen molar-refractivity contribution in [2.75, 3.05) is 4.90 Å². The Morgan fingerprint density at radius 3 is 2.39 bits per heavy atom. The van der Waals surface area contributed by atoms with E-state index in [1.165, 1.54) is 16.8 Å². The Morgan fingerprint density at radius 1 is 1.07 bits per heavy atom. The molecular formula is C22H22ClN3O2. The Balaban J connectivity index is 2.04. The zero-order chi connectivity index (χ0) is 20.1. The molecule has 0 aliphatic rings. The summed E-state index contributed by atoms with van der Waals surface area (Å²) < 4.78 is 1.34. The van der Waals surface area contributed by atoms with Gasteiger partial charge in [0, 0.05) is 23.3 Å². The molecule has 0 N–H and O–H groups in total. The summed E-state index contributed by atoms with van der Waals surface area (Å²) in [6, 6.07) is 19.5. The minimum absolute atomic E-state index is 0.213. The molecule has 144 valence electrons. The third kappa shape index (κ3) is 4.31. The standard InChI is InChI=1S/C22H22ClN3O2/c1-3-15-25-21(27)14-13-20(24-25)22(28)26(19-7-5-4-6-8-19)16(2)17-9-11-18(23)12-10-17/h4-14,16H,3,15H2,1-2H3/t16-/m1/s1. The van der Waals surface area contributed by atoms with Crippen molar-refractivity contribution < 1.29 is 4.79 Å². The van der Waals surface area contributed by atoms with Crippen molar-refractivity contribution in [3.63, 3.8) is 0 Å². The number of aromatic nitrogens is 2. The smallest absolute Gasteiger partial charge is 0.279 e. The van der Waals surface area contributed by atoms with E-state index in [4.69, 9.17) is 11.6 Å². The Labute approximate surface area is 169 Å². The molecule has 28 heavy (non-hydrogen) atoms. The zero-order valence-corrected chi connectivity index (χ0v) is 16.6. The van der Waals surface area contributed by atoms with E-state index in [1.807, 2.05) is 56.3 Å². The number of rotatable bonds is 6. The van der Waals surface area contributed by atoms with Gasteiger partial charge in [-0.1, -0.05) is 48.9 Å². The first-order valence-electron chi connectivity index (χ1n) is 9.23. The number of carbonyl (C=O) groups excluding carboxylic acids is 1. The van der Waals surface area contributed by atoms with Gasteiger partial charge in [-0.3, -0.25) is 14.5 Å². The maximum atomic E-state index is 13.4. The zero-order valence-electron chi connectivity index (χ0n) is 15.9. The van der Waals surface area contributed by atoms with Crippen molar-refractivity contribution in [3.05, 3.63) is 93.4 Å². The SMILES string of the molecule is CCCn1nc(C(=O)N(c2ccccc2)[C@H](C)c2ccc(Cl)cc2)ccc1=O. The Kier molecular flexibility index (Phi) is 6.26. The largest absolute Gasteiger partial charge is 0.300 e. The second-order valence-electron chi connectivity index (χ2n) is 6.52. The van der Waals surface area contributed by atoms with Crippen LogP contribution in [-0.4, -0.2) is 15.7 Å². The molecule has 2 aromatic carbocycles. The van der Waals surface area contributed by atoms with Crippen molar-refractivity contribution in [1.29, 1.82) is 0 Å². The maximum absolute atomic E-state index is 13.4. The lowest BCUT2D eigenvalue weighted by Gasteiger charge is -2.29. The Bertz CT molecular complexity index is 1000. The molecule has 0 radical (unpaired) electrons. The number of benzene rings is 2. The number of aryl methyl sites for hydroxylation is 1. The molecule has 0 saturated carbocycles. The highest BCUT2D eigenvalue weighted by Gasteiger charge is 2.26. The molecule has 1 atom stereocenters. The first-order chi connectivity index (χ1) is 13.5. The van der Waals surface area contributed by atoms with Crippen LogP contribution in [0.1, 0.15) is 42.4 Å². The van der Waals surface area contributed by atoms with E-state index in [0.717, 1.165) is 17.7 Å². The van der Waals surface area contributed by atoms with Crippen molar-refractivity contribution in [2.24, 2.45) is 0 Å². The fraction of sp³-hybridized carbons (Fsp3) is 0.227. The van der Waals surface area contributed by atoms with E-state index in [0.29, 0.717) is 11.6 Å². The Hall–Kier alpha value is -2.92. The highest BCUT2D eigenvalue weighted by Crippen LogP contribution is 2.29. The van der Waals surface area contributed by atoms with Gasteiger partial charge in [0.25, 0.3) is 11.5 Å². The van der Waals surface area contributed by atoms with Gasteiger partial charge < -0.3 is 0 Å². The summed E-state index contributed by atoms with van der Waals surface area (Å²) in [6.45, 7) is 4.38. The summed E-state index contributed by atoms with van der Waals surface area (Å²) in [5, 5.41) is 4.93. The molecule has 0 aliphatic heterocycles. The third-order valence-electron chi connectivity index (χ3n) is 4.51. The fourth-order valence-electron chi connectivity index (χ4n) is 3.05. The molecule has 1 heterocycles. The predicted octanol–water partition coefficient (Wildman–Crippen LogP) is 4.71. The molecule has 3 aromatic rings. The van der Waals surface area contributed by atoms with E-state index >= 15 is 0 Å². The van der Waals surface area contributed by atoms with E-state index < -0.39 is 0 Å². The molecule has 0 fully saturated rings. The van der Waals surface area contributed by atoms with Gasteiger partial charge in [-0.05, 0) is 49.2 Å². The molecular weight excluding hydrogens is 374 g/mol. The molecule has 0 aliphatic carbocycles. The van der Waals surface area contributed by atoms with Gasteiger partial charge in [-0.2, -0.15) is 5.10 Å². The van der Waals surface area contributed by atoms with Crippen LogP contribution in [0.4, 0.5) is 5.69 Å². The normalized spacial score (nSPS) is 11.8. The van der Waals surface area contributed by atoms with Crippen LogP contribution in [0.15, 0.2) is 71.5 Å². The van der Waals surface area contributed by atoms with Crippen LogP contribution in [0.2, 0.25) is 5.02 Å². The van der Waals surface area contributed by atoms with Gasteiger partial charge in [0.1, 0.15) is 5.69 Å². The Morgan fingerprint density at radius 2 is 1.75 bits per heavy atom. The van der Waals surface area contributed by atoms with Crippen LogP contribution < -0.4 is 10.5 Å². The number of halogens is 1. The molecule has 5 nitrogen and oxygen atoms in total. The molecule has 0 unspecified atom stereocenters. The number of hydrogen-bond donors (Lipinski definition) is 0. The van der Waals surface area contributed by atoms with E-state index in [9.17, 15) is 9.59 Å². The van der Waals surface area contributed by atoms with Crippen LogP contribution in [0.25, 0.3) is 0 Å². The molecule has 6 heteroatoms. The van der Waals surface area contributed by atoms with Gasteiger partial charge in [0.2, 0.25) is 0 Å². The fourth-order valence-corrected chi connectivity index (χ4v) is 3.18. The van der Waals surface area contributed by atoms with Crippen molar-refractivity contribution >= 4 is 23.2 Å². The van der Waals surface area contributed by atoms with E-state index in [1.54, 1.807) is 17.0 Å². The van der Waals surface area contributed by atoms with Crippen LogP contribution in [0.3, 0.4) is 0 Å². The van der Waals surface area contributed by atoms with Gasteiger partial charge in [0.15, 0.2) is 0 Å². The van der Waals surface area contributed by atoms with Crippen molar-refractivity contribution in [2.45, 2.75) is 32.9 Å². The number of hydrogen-bond acceptors (Lipinski definition) is 3. The second kappa shape index (κ2) is 8.85. The quantitative estimate of drug-likeness (QED) is 0.607. The number of para-hydroxylation sites is 1. The first kappa shape index (κ1) is 19.8. The van der Waals surface area contributed by atoms with Crippen molar-refractivity contribution in [3.8, 4) is 0 Å². The number of amides is 1. The molecule has 1 aromatic heterocycles. The molecule has 0 bridgehead atoms. The summed E-state index contributed by atoms with van der Waals surface area (Å²) in [5.41, 5.74) is 1.72. The van der Waals surface area contributed by atoms with Crippen molar-refractivity contribution in [1.82, 2.24) is 9.78 Å². The molecule has 1 amide bonds. The number of anilines is 1. The average molecular weight is 396 g/mol. The summed E-state index contributed by atoms with van der Waals surface area (Å²) in [7, 11) is 0. The highest BCUT2D eigenvalue weighted by molar-refractivity contribution is 6.30. The van der Waals surface area contributed by atoms with Gasteiger partial charge in [0.05, 0.1) is 6.04 Å². The predicted molar refractivity (Wildman–Crippen MR) is 112 cm³/mol. The summed E-state index contributed by atoms with van der Waals surface area (Å²) >= 11 is 6.01. The lowest BCUT2D eigenvalue weighted by atomic mass is 10.1. The summed E-state index contributed by atoms with van der Waals surface area (Å²) in [6.07, 6.45) is 0.758. The van der Waals surface area contributed by atoms with Crippen LogP contribution >= 0.6 is 11.6 Å².